The molecule has 1 heterocycles. The Morgan fingerprint density at radius 1 is 1.33 bits per heavy atom. The fourth-order valence-electron chi connectivity index (χ4n) is 4.37. The van der Waals surface area contributed by atoms with Gasteiger partial charge >= 0.3 is 6.61 Å². The molecule has 39 heavy (non-hydrogen) atoms. The zero-order valence-electron chi connectivity index (χ0n) is 21.8. The molecule has 0 spiro atoms. The Bertz CT molecular complexity index is 1230. The first kappa shape index (κ1) is 29.8. The van der Waals surface area contributed by atoms with Gasteiger partial charge in [-0.15, -0.1) is 0 Å². The zero-order valence-corrected chi connectivity index (χ0v) is 22.6. The zero-order chi connectivity index (χ0) is 28.4. The number of carbonyl (C=O) groups excluding carboxylic acids is 1. The van der Waals surface area contributed by atoms with E-state index >= 15 is 0 Å². The first-order chi connectivity index (χ1) is 18.7. The van der Waals surface area contributed by atoms with Gasteiger partial charge in [-0.2, -0.15) is 14.0 Å². The third kappa shape index (κ3) is 8.37. The molecule has 1 fully saturated rings. The summed E-state index contributed by atoms with van der Waals surface area (Å²) in [7, 11) is 0. The van der Waals surface area contributed by atoms with Gasteiger partial charge in [-0.25, -0.2) is 4.99 Å². The molecule has 2 aromatic carbocycles. The second kappa shape index (κ2) is 14.4. The number of hydrogen-bond acceptors (Lipinski definition) is 6. The lowest BCUT2D eigenvalue weighted by molar-refractivity contribution is -0.134. The van der Waals surface area contributed by atoms with Crippen LogP contribution in [0, 0.1) is 23.8 Å². The maximum absolute atomic E-state index is 13.6. The number of anilines is 1. The molecule has 0 radical (unpaired) electrons. The summed E-state index contributed by atoms with van der Waals surface area (Å²) < 4.78 is 29.7. The van der Waals surface area contributed by atoms with E-state index < -0.39 is 12.7 Å². The van der Waals surface area contributed by atoms with Gasteiger partial charge in [0.2, 0.25) is 11.9 Å². The van der Waals surface area contributed by atoms with Crippen molar-refractivity contribution in [1.29, 1.82) is 10.7 Å². The van der Waals surface area contributed by atoms with Crippen molar-refractivity contribution in [2.75, 3.05) is 25.0 Å². The van der Waals surface area contributed by atoms with Crippen LogP contribution >= 0.6 is 11.6 Å². The summed E-state index contributed by atoms with van der Waals surface area (Å²) in [5.41, 5.74) is 1.92. The van der Waals surface area contributed by atoms with E-state index in [2.05, 4.69) is 25.7 Å². The van der Waals surface area contributed by atoms with E-state index in [-0.39, 0.29) is 35.9 Å². The highest BCUT2D eigenvalue weighted by molar-refractivity contribution is 6.31. The highest BCUT2D eigenvalue weighted by atomic mass is 35.5. The van der Waals surface area contributed by atoms with Crippen molar-refractivity contribution in [2.24, 2.45) is 4.99 Å². The molecule has 4 N–H and O–H groups in total. The lowest BCUT2D eigenvalue weighted by atomic mass is 9.98. The molecule has 1 amide bonds. The second-order valence-electron chi connectivity index (χ2n) is 8.98. The predicted octanol–water partition coefficient (Wildman–Crippen LogP) is 4.52. The van der Waals surface area contributed by atoms with E-state index in [0.717, 1.165) is 24.9 Å². The number of nitrogens with one attached hydrogen (secondary N) is 4. The largest absolute Gasteiger partial charge is 0.435 e. The predicted molar refractivity (Wildman–Crippen MR) is 148 cm³/mol. The number of alkyl halides is 2. The van der Waals surface area contributed by atoms with Gasteiger partial charge in [0.25, 0.3) is 0 Å². The molecule has 12 heteroatoms. The first-order valence-corrected chi connectivity index (χ1v) is 13.0. The van der Waals surface area contributed by atoms with Gasteiger partial charge in [0, 0.05) is 23.3 Å². The number of nitrogens with zero attached hydrogens (tertiary/aromatic N) is 3. The van der Waals surface area contributed by atoms with Crippen LogP contribution in [0.1, 0.15) is 37.3 Å². The number of piperidine rings is 1. The Balaban J connectivity index is 1.92. The first-order valence-electron chi connectivity index (χ1n) is 12.6. The maximum Gasteiger partial charge on any atom is 0.387 e. The number of aliphatic imine (C=N–C) groups is 1. The van der Waals surface area contributed by atoms with E-state index in [0.29, 0.717) is 29.2 Å². The number of nitriles is 1. The topological polar surface area (TPSA) is 126 Å². The lowest BCUT2D eigenvalue weighted by Gasteiger charge is -2.35. The number of guanidine groups is 1. The van der Waals surface area contributed by atoms with Gasteiger partial charge in [0.1, 0.15) is 5.75 Å². The number of amides is 1. The Labute approximate surface area is 231 Å². The molecule has 9 nitrogen and oxygen atoms in total. The van der Waals surface area contributed by atoms with Crippen LogP contribution in [0.15, 0.2) is 47.5 Å². The van der Waals surface area contributed by atoms with E-state index in [4.69, 9.17) is 17.0 Å². The molecule has 2 aromatic rings. The molecule has 0 bridgehead atoms. The fourth-order valence-corrected chi connectivity index (χ4v) is 4.49. The molecule has 1 aliphatic rings. The third-order valence-electron chi connectivity index (χ3n) is 6.33. The summed E-state index contributed by atoms with van der Waals surface area (Å²) >= 11 is 6.20. The van der Waals surface area contributed by atoms with Gasteiger partial charge in [-0.1, -0.05) is 30.2 Å². The van der Waals surface area contributed by atoms with Crippen LogP contribution in [0.2, 0.25) is 5.02 Å². The van der Waals surface area contributed by atoms with Crippen LogP contribution in [0.5, 0.6) is 5.75 Å². The molecule has 0 aromatic heterocycles. The number of likely N-dealkylation sites (N-methyl/N-ethyl adjacent to an activating group) is 1. The smallest absolute Gasteiger partial charge is 0.387 e. The summed E-state index contributed by atoms with van der Waals surface area (Å²) in [5, 5.41) is 27.5. The van der Waals surface area contributed by atoms with E-state index in [1.807, 2.05) is 13.8 Å². The molecule has 1 saturated heterocycles. The molecule has 0 aliphatic carbocycles. The van der Waals surface area contributed by atoms with Crippen LogP contribution in [-0.2, 0) is 4.79 Å². The molecular formula is C27H32ClF2N7O2. The third-order valence-corrected chi connectivity index (χ3v) is 6.75. The SMILES string of the molecule is CCN(C(=O)[C@H]1CCCCN1)C(CN=C(NC#N)Nc1cccc(OC(F)F)c1)C(=N)c1ccc(Cl)c(C)c1. The molecule has 1 unspecified atom stereocenters. The average Bonchev–Trinajstić information content (AvgIpc) is 2.92. The summed E-state index contributed by atoms with van der Waals surface area (Å²) in [6.45, 7) is 1.75. The Morgan fingerprint density at radius 3 is 2.77 bits per heavy atom. The lowest BCUT2D eigenvalue weighted by Crippen LogP contribution is -2.55. The van der Waals surface area contributed by atoms with Crippen molar-refractivity contribution < 1.29 is 18.3 Å². The highest BCUT2D eigenvalue weighted by Crippen LogP contribution is 2.21. The molecule has 2 atom stereocenters. The Kier molecular flexibility index (Phi) is 11.0. The maximum atomic E-state index is 13.6. The van der Waals surface area contributed by atoms with Crippen LogP contribution in [0.4, 0.5) is 14.5 Å². The summed E-state index contributed by atoms with van der Waals surface area (Å²) in [6, 6.07) is 9.96. The van der Waals surface area contributed by atoms with E-state index in [1.165, 1.54) is 18.2 Å². The van der Waals surface area contributed by atoms with E-state index in [9.17, 15) is 18.8 Å². The Hall–Kier alpha value is -3.75. The summed E-state index contributed by atoms with van der Waals surface area (Å²) in [4.78, 5) is 19.7. The highest BCUT2D eigenvalue weighted by Gasteiger charge is 2.32. The minimum absolute atomic E-state index is 0.0241. The van der Waals surface area contributed by atoms with Crippen molar-refractivity contribution in [3.63, 3.8) is 0 Å². The molecular weight excluding hydrogens is 528 g/mol. The number of halogens is 3. The molecule has 3 rings (SSSR count). The van der Waals surface area contributed by atoms with Gasteiger partial charge < -0.3 is 25.7 Å². The number of ether oxygens (including phenoxy) is 1. The number of benzene rings is 2. The average molecular weight is 560 g/mol. The van der Waals surface area contributed by atoms with Crippen molar-refractivity contribution in [1.82, 2.24) is 15.5 Å². The number of aryl methyl sites for hydroxylation is 1. The summed E-state index contributed by atoms with van der Waals surface area (Å²) in [5.74, 6) is -0.157. The number of hydrogen-bond donors (Lipinski definition) is 4. The van der Waals surface area contributed by atoms with Gasteiger partial charge in [-0.05, 0) is 68.6 Å². The van der Waals surface area contributed by atoms with E-state index in [1.54, 1.807) is 35.4 Å². The van der Waals surface area contributed by atoms with Crippen LogP contribution in [-0.4, -0.2) is 60.8 Å². The molecule has 0 saturated carbocycles. The van der Waals surface area contributed by atoms with Gasteiger partial charge in [-0.3, -0.25) is 10.1 Å². The van der Waals surface area contributed by atoms with Crippen molar-refractivity contribution >= 4 is 34.9 Å². The molecule has 208 valence electrons. The van der Waals surface area contributed by atoms with Crippen molar-refractivity contribution in [3.05, 3.63) is 58.6 Å². The minimum atomic E-state index is -2.98. The normalized spacial score (nSPS) is 16.2. The standard InChI is InChI=1S/C27H32ClF2N7O2/c1-3-37(25(38)22-9-4-5-12-33-22)23(24(32)18-10-11-21(28)17(2)13-18)15-34-27(35-16-31)36-19-7-6-8-20(14-19)39-26(29)30/h6-8,10-11,13-14,22-23,26,32-33H,3-5,9,12,15H2,1-2H3,(H2,34,35,36)/t22-,23?/m1/s1. The number of carbonyl (C=O) groups is 1. The monoisotopic (exact) mass is 559 g/mol. The molecule has 1 aliphatic heterocycles. The van der Waals surface area contributed by atoms with Crippen LogP contribution in [0.25, 0.3) is 0 Å². The fraction of sp³-hybridized carbons (Fsp3) is 0.407. The minimum Gasteiger partial charge on any atom is -0.435 e. The summed E-state index contributed by atoms with van der Waals surface area (Å²) in [6.07, 6.45) is 4.44. The van der Waals surface area contributed by atoms with Crippen LogP contribution in [0.3, 0.4) is 0 Å². The van der Waals surface area contributed by atoms with Gasteiger partial charge in [0.15, 0.2) is 6.19 Å². The van der Waals surface area contributed by atoms with Gasteiger partial charge in [0.05, 0.1) is 24.3 Å². The van der Waals surface area contributed by atoms with Crippen LogP contribution < -0.4 is 20.7 Å². The van der Waals surface area contributed by atoms with Crippen molar-refractivity contribution in [2.45, 2.75) is 51.8 Å². The quantitative estimate of drug-likeness (QED) is 0.147. The second-order valence-corrected chi connectivity index (χ2v) is 9.38. The number of rotatable bonds is 10. The van der Waals surface area contributed by atoms with Crippen molar-refractivity contribution in [3.8, 4) is 11.9 Å². The Morgan fingerprint density at radius 2 is 2.13 bits per heavy atom.